The molecule has 0 aliphatic heterocycles. The summed E-state index contributed by atoms with van der Waals surface area (Å²) in [5.41, 5.74) is 5.93. The third-order valence-electron chi connectivity index (χ3n) is 2.10. The number of benzene rings is 1. The molecular formula is C11H9F2N3OS. The molecule has 0 aliphatic carbocycles. The lowest BCUT2D eigenvalue weighted by Crippen LogP contribution is -1.99. The Morgan fingerprint density at radius 3 is 2.78 bits per heavy atom. The van der Waals surface area contributed by atoms with Gasteiger partial charge in [0.1, 0.15) is 28.7 Å². The van der Waals surface area contributed by atoms with E-state index in [1.165, 1.54) is 13.4 Å². The van der Waals surface area contributed by atoms with Gasteiger partial charge in [-0.1, -0.05) is 11.8 Å². The van der Waals surface area contributed by atoms with Crippen LogP contribution in [0.15, 0.2) is 34.4 Å². The Bertz CT molecular complexity index is 580. The molecule has 0 saturated heterocycles. The smallest absolute Gasteiger partial charge is 0.241 e. The molecule has 2 aromatic rings. The number of hydrogen-bond acceptors (Lipinski definition) is 5. The highest BCUT2D eigenvalue weighted by molar-refractivity contribution is 7.99. The Morgan fingerprint density at radius 1 is 1.28 bits per heavy atom. The lowest BCUT2D eigenvalue weighted by atomic mass is 10.3. The maximum Gasteiger partial charge on any atom is 0.241 e. The summed E-state index contributed by atoms with van der Waals surface area (Å²) in [4.78, 5) is 7.81. The van der Waals surface area contributed by atoms with E-state index >= 15 is 0 Å². The Hall–Kier alpha value is -1.89. The second-order valence-corrected chi connectivity index (χ2v) is 4.31. The molecule has 7 heteroatoms. The number of nitrogens with zero attached hydrogens (tertiary/aromatic N) is 2. The molecule has 2 rings (SSSR count). The van der Waals surface area contributed by atoms with E-state index in [1.54, 1.807) is 0 Å². The van der Waals surface area contributed by atoms with Crippen molar-refractivity contribution in [3.05, 3.63) is 36.2 Å². The molecular weight excluding hydrogens is 260 g/mol. The molecule has 1 aromatic heterocycles. The van der Waals surface area contributed by atoms with Gasteiger partial charge in [-0.3, -0.25) is 0 Å². The van der Waals surface area contributed by atoms with Crippen molar-refractivity contribution < 1.29 is 13.5 Å². The summed E-state index contributed by atoms with van der Waals surface area (Å²) in [7, 11) is 1.41. The van der Waals surface area contributed by atoms with Crippen LogP contribution in [0.25, 0.3) is 0 Å². The monoisotopic (exact) mass is 269 g/mol. The van der Waals surface area contributed by atoms with Gasteiger partial charge >= 0.3 is 0 Å². The van der Waals surface area contributed by atoms with Gasteiger partial charge in [0.2, 0.25) is 5.88 Å². The molecule has 2 N–H and O–H groups in total. The second-order valence-electron chi connectivity index (χ2n) is 3.28. The number of aromatic nitrogens is 2. The van der Waals surface area contributed by atoms with Crippen LogP contribution in [-0.4, -0.2) is 17.1 Å². The number of anilines is 1. The van der Waals surface area contributed by atoms with Crippen LogP contribution in [0, 0.1) is 11.6 Å². The van der Waals surface area contributed by atoms with Gasteiger partial charge in [-0.25, -0.2) is 13.8 Å². The number of rotatable bonds is 3. The van der Waals surface area contributed by atoms with Crippen LogP contribution in [0.3, 0.4) is 0 Å². The SMILES string of the molecule is COc1ncnc(Sc2cc(F)ccc2F)c1N. The minimum Gasteiger partial charge on any atom is -0.479 e. The van der Waals surface area contributed by atoms with Gasteiger partial charge in [0.05, 0.1) is 12.0 Å². The van der Waals surface area contributed by atoms with E-state index < -0.39 is 11.6 Å². The molecule has 1 aromatic carbocycles. The summed E-state index contributed by atoms with van der Waals surface area (Å²) in [5, 5.41) is 0.311. The van der Waals surface area contributed by atoms with Crippen molar-refractivity contribution in [3.63, 3.8) is 0 Å². The van der Waals surface area contributed by atoms with E-state index in [9.17, 15) is 8.78 Å². The summed E-state index contributed by atoms with van der Waals surface area (Å²) < 4.78 is 31.4. The van der Waals surface area contributed by atoms with E-state index in [0.717, 1.165) is 30.0 Å². The summed E-state index contributed by atoms with van der Waals surface area (Å²) in [6, 6.07) is 3.17. The van der Waals surface area contributed by atoms with Crippen molar-refractivity contribution in [1.82, 2.24) is 9.97 Å². The number of nitrogens with two attached hydrogens (primary N) is 1. The molecule has 0 aliphatic rings. The highest BCUT2D eigenvalue weighted by Crippen LogP contribution is 2.35. The fraction of sp³-hybridized carbons (Fsp3) is 0.0909. The molecule has 4 nitrogen and oxygen atoms in total. The van der Waals surface area contributed by atoms with Gasteiger partial charge in [0.25, 0.3) is 0 Å². The fourth-order valence-electron chi connectivity index (χ4n) is 1.27. The molecule has 0 unspecified atom stereocenters. The van der Waals surface area contributed by atoms with Crippen molar-refractivity contribution in [2.45, 2.75) is 9.92 Å². The van der Waals surface area contributed by atoms with E-state index in [2.05, 4.69) is 9.97 Å². The highest BCUT2D eigenvalue weighted by atomic mass is 32.2. The fourth-order valence-corrected chi connectivity index (χ4v) is 2.11. The van der Waals surface area contributed by atoms with E-state index in [1.807, 2.05) is 0 Å². The van der Waals surface area contributed by atoms with Crippen LogP contribution in [0.1, 0.15) is 0 Å². The van der Waals surface area contributed by atoms with Crippen molar-refractivity contribution in [1.29, 1.82) is 0 Å². The number of nitrogen functional groups attached to an aromatic ring is 1. The van der Waals surface area contributed by atoms with Crippen LogP contribution in [0.4, 0.5) is 14.5 Å². The van der Waals surface area contributed by atoms with Crippen LogP contribution >= 0.6 is 11.8 Å². The molecule has 0 spiro atoms. The summed E-state index contributed by atoms with van der Waals surface area (Å²) in [6.07, 6.45) is 1.24. The maximum atomic E-state index is 13.5. The van der Waals surface area contributed by atoms with E-state index in [4.69, 9.17) is 10.5 Å². The summed E-state index contributed by atoms with van der Waals surface area (Å²) in [6.45, 7) is 0. The first-order chi connectivity index (χ1) is 8.61. The molecule has 0 saturated carbocycles. The molecule has 94 valence electrons. The Kier molecular flexibility index (Phi) is 3.61. The lowest BCUT2D eigenvalue weighted by molar-refractivity contribution is 0.397. The lowest BCUT2D eigenvalue weighted by Gasteiger charge is -2.07. The molecule has 0 amide bonds. The highest BCUT2D eigenvalue weighted by Gasteiger charge is 2.12. The maximum absolute atomic E-state index is 13.5. The minimum atomic E-state index is -0.543. The molecule has 1 heterocycles. The topological polar surface area (TPSA) is 61.0 Å². The van der Waals surface area contributed by atoms with Crippen molar-refractivity contribution >= 4 is 17.4 Å². The predicted molar refractivity (Wildman–Crippen MR) is 63.5 cm³/mol. The molecule has 18 heavy (non-hydrogen) atoms. The summed E-state index contributed by atoms with van der Waals surface area (Å²) >= 11 is 0.913. The second kappa shape index (κ2) is 5.18. The quantitative estimate of drug-likeness (QED) is 0.867. The van der Waals surface area contributed by atoms with Gasteiger partial charge in [0, 0.05) is 0 Å². The van der Waals surface area contributed by atoms with Crippen molar-refractivity contribution in [2.24, 2.45) is 0 Å². The largest absolute Gasteiger partial charge is 0.479 e. The van der Waals surface area contributed by atoms with Gasteiger partial charge in [-0.2, -0.15) is 4.98 Å². The van der Waals surface area contributed by atoms with Gasteiger partial charge in [-0.15, -0.1) is 0 Å². The van der Waals surface area contributed by atoms with Gasteiger partial charge in [-0.05, 0) is 18.2 Å². The van der Waals surface area contributed by atoms with Crippen LogP contribution in [0.2, 0.25) is 0 Å². The van der Waals surface area contributed by atoms with Crippen LogP contribution in [0.5, 0.6) is 5.88 Å². The standard InChI is InChI=1S/C11H9F2N3OS/c1-17-10-9(14)11(16-5-15-10)18-8-4-6(12)2-3-7(8)13/h2-5H,14H2,1H3. The Balaban J connectivity index is 2.37. The molecule has 0 fully saturated rings. The van der Waals surface area contributed by atoms with E-state index in [0.29, 0.717) is 5.03 Å². The molecule has 0 atom stereocenters. The Morgan fingerprint density at radius 2 is 2.06 bits per heavy atom. The average molecular weight is 269 g/mol. The number of halogens is 2. The number of hydrogen-bond donors (Lipinski definition) is 1. The van der Waals surface area contributed by atoms with Gasteiger partial charge in [0.15, 0.2) is 0 Å². The summed E-state index contributed by atoms with van der Waals surface area (Å²) in [5.74, 6) is -0.874. The van der Waals surface area contributed by atoms with Gasteiger partial charge < -0.3 is 10.5 Å². The third-order valence-corrected chi connectivity index (χ3v) is 3.16. The number of methoxy groups -OCH3 is 1. The predicted octanol–water partition coefficient (Wildman–Crippen LogP) is 2.50. The zero-order valence-electron chi connectivity index (χ0n) is 9.35. The molecule has 0 radical (unpaired) electrons. The Labute approximate surface area is 106 Å². The minimum absolute atomic E-state index is 0.0995. The van der Waals surface area contributed by atoms with Crippen molar-refractivity contribution in [3.8, 4) is 5.88 Å². The zero-order valence-corrected chi connectivity index (χ0v) is 10.2. The third kappa shape index (κ3) is 2.51. The zero-order chi connectivity index (χ0) is 13.1. The number of ether oxygens (including phenoxy) is 1. The van der Waals surface area contributed by atoms with Crippen LogP contribution in [-0.2, 0) is 0 Å². The average Bonchev–Trinajstić information content (AvgIpc) is 2.36. The first-order valence-electron chi connectivity index (χ1n) is 4.89. The van der Waals surface area contributed by atoms with Crippen LogP contribution < -0.4 is 10.5 Å². The van der Waals surface area contributed by atoms with Crippen molar-refractivity contribution in [2.75, 3.05) is 12.8 Å². The first kappa shape index (κ1) is 12.6. The molecule has 0 bridgehead atoms. The first-order valence-corrected chi connectivity index (χ1v) is 5.71. The van der Waals surface area contributed by atoms with E-state index in [-0.39, 0.29) is 16.5 Å². The normalized spacial score (nSPS) is 10.4.